The lowest BCUT2D eigenvalue weighted by Crippen LogP contribution is -2.51. The summed E-state index contributed by atoms with van der Waals surface area (Å²) >= 11 is 1.96. The minimum absolute atomic E-state index is 0.344. The van der Waals surface area contributed by atoms with Crippen molar-refractivity contribution in [2.24, 2.45) is 5.92 Å². The van der Waals surface area contributed by atoms with E-state index in [1.807, 2.05) is 11.3 Å². The molecule has 0 bridgehead atoms. The van der Waals surface area contributed by atoms with Crippen LogP contribution in [0, 0.1) is 12.8 Å². The van der Waals surface area contributed by atoms with Gasteiger partial charge in [-0.05, 0) is 64.6 Å². The van der Waals surface area contributed by atoms with Crippen LogP contribution in [-0.4, -0.2) is 30.1 Å². The molecule has 0 radical (unpaired) electrons. The Balaban J connectivity index is 1.75. The summed E-state index contributed by atoms with van der Waals surface area (Å²) in [6.45, 7) is 10.6. The van der Waals surface area contributed by atoms with E-state index >= 15 is 0 Å². The van der Waals surface area contributed by atoms with Crippen LogP contribution in [0.25, 0.3) is 0 Å². The molecule has 2 unspecified atom stereocenters. The maximum Gasteiger partial charge on any atom is 0.0414 e. The van der Waals surface area contributed by atoms with Crippen molar-refractivity contribution in [3.8, 4) is 0 Å². The summed E-state index contributed by atoms with van der Waals surface area (Å²) < 4.78 is 0. The van der Waals surface area contributed by atoms with Gasteiger partial charge < -0.3 is 5.32 Å². The van der Waals surface area contributed by atoms with Gasteiger partial charge in [0.1, 0.15) is 0 Å². The quantitative estimate of drug-likeness (QED) is 0.909. The van der Waals surface area contributed by atoms with E-state index in [4.69, 9.17) is 0 Å². The lowest BCUT2D eigenvalue weighted by molar-refractivity contribution is 0.161. The van der Waals surface area contributed by atoms with Gasteiger partial charge in [-0.1, -0.05) is 0 Å². The zero-order chi connectivity index (χ0) is 13.5. The highest BCUT2D eigenvalue weighted by Crippen LogP contribution is 2.41. The van der Waals surface area contributed by atoms with Gasteiger partial charge in [-0.25, -0.2) is 0 Å². The van der Waals surface area contributed by atoms with Crippen molar-refractivity contribution in [1.29, 1.82) is 0 Å². The smallest absolute Gasteiger partial charge is 0.0414 e. The largest absolute Gasteiger partial charge is 0.310 e. The fraction of sp³-hybridized carbons (Fsp3) is 0.750. The number of rotatable bonds is 3. The van der Waals surface area contributed by atoms with Gasteiger partial charge >= 0.3 is 0 Å². The van der Waals surface area contributed by atoms with E-state index in [2.05, 4.69) is 43.1 Å². The van der Waals surface area contributed by atoms with Gasteiger partial charge in [0.2, 0.25) is 0 Å². The van der Waals surface area contributed by atoms with Gasteiger partial charge in [-0.3, -0.25) is 4.90 Å². The SMILES string of the molecule is Cc1ccc(C(C)N2CCCNC(C)(C3CC3)C2)s1. The first kappa shape index (κ1) is 13.6. The third-order valence-corrected chi connectivity index (χ3v) is 6.05. The predicted octanol–water partition coefficient (Wildman–Crippen LogP) is 3.58. The van der Waals surface area contributed by atoms with Crippen molar-refractivity contribution in [3.63, 3.8) is 0 Å². The highest BCUT2D eigenvalue weighted by molar-refractivity contribution is 7.12. The van der Waals surface area contributed by atoms with E-state index in [0.717, 1.165) is 5.92 Å². The number of nitrogens with one attached hydrogen (secondary N) is 1. The average Bonchev–Trinajstić information content (AvgIpc) is 3.17. The lowest BCUT2D eigenvalue weighted by atomic mass is 9.95. The zero-order valence-corrected chi connectivity index (χ0v) is 13.2. The summed E-state index contributed by atoms with van der Waals surface area (Å²) in [6.07, 6.45) is 4.12. The highest BCUT2D eigenvalue weighted by Gasteiger charge is 2.43. The molecule has 0 aromatic carbocycles. The van der Waals surface area contributed by atoms with E-state index in [-0.39, 0.29) is 0 Å². The van der Waals surface area contributed by atoms with Crippen LogP contribution in [-0.2, 0) is 0 Å². The number of thiophene rings is 1. The van der Waals surface area contributed by atoms with Crippen LogP contribution in [0.3, 0.4) is 0 Å². The first-order valence-corrected chi connectivity index (χ1v) is 8.45. The minimum atomic E-state index is 0.344. The monoisotopic (exact) mass is 278 g/mol. The second-order valence-electron chi connectivity index (χ2n) is 6.57. The molecule has 1 saturated carbocycles. The molecule has 1 N–H and O–H groups in total. The summed E-state index contributed by atoms with van der Waals surface area (Å²) in [7, 11) is 0. The summed E-state index contributed by atoms with van der Waals surface area (Å²) in [4.78, 5) is 5.65. The minimum Gasteiger partial charge on any atom is -0.310 e. The van der Waals surface area contributed by atoms with Crippen molar-refractivity contribution in [2.45, 2.75) is 51.6 Å². The Morgan fingerprint density at radius 2 is 2.21 bits per heavy atom. The van der Waals surface area contributed by atoms with Gasteiger partial charge in [0.15, 0.2) is 0 Å². The summed E-state index contributed by atoms with van der Waals surface area (Å²) in [6, 6.07) is 5.14. The second kappa shape index (κ2) is 5.19. The molecule has 0 amide bonds. The number of aryl methyl sites for hydroxylation is 1. The Morgan fingerprint density at radius 3 is 2.84 bits per heavy atom. The molecule has 3 heteroatoms. The molecule has 2 atom stereocenters. The van der Waals surface area contributed by atoms with E-state index in [9.17, 15) is 0 Å². The number of hydrogen-bond donors (Lipinski definition) is 1. The third-order valence-electron chi connectivity index (χ3n) is 4.88. The van der Waals surface area contributed by atoms with Crippen LogP contribution in [0.15, 0.2) is 12.1 Å². The molecule has 1 saturated heterocycles. The van der Waals surface area contributed by atoms with Gasteiger partial charge in [0.05, 0.1) is 0 Å². The number of nitrogens with zero attached hydrogens (tertiary/aromatic N) is 1. The normalized spacial score (nSPS) is 31.1. The fourth-order valence-corrected chi connectivity index (χ4v) is 4.36. The van der Waals surface area contributed by atoms with Crippen molar-refractivity contribution in [3.05, 3.63) is 21.9 Å². The number of hydrogen-bond acceptors (Lipinski definition) is 3. The molecule has 0 spiro atoms. The topological polar surface area (TPSA) is 15.3 Å². The lowest BCUT2D eigenvalue weighted by Gasteiger charge is -2.36. The van der Waals surface area contributed by atoms with Crippen molar-refractivity contribution >= 4 is 11.3 Å². The van der Waals surface area contributed by atoms with Crippen LogP contribution in [0.5, 0.6) is 0 Å². The Kier molecular flexibility index (Phi) is 3.71. The first-order valence-electron chi connectivity index (χ1n) is 7.64. The average molecular weight is 278 g/mol. The summed E-state index contributed by atoms with van der Waals surface area (Å²) in [5.74, 6) is 0.908. The zero-order valence-electron chi connectivity index (χ0n) is 12.4. The molecule has 106 valence electrons. The molecule has 2 fully saturated rings. The van der Waals surface area contributed by atoms with Crippen LogP contribution in [0.4, 0.5) is 0 Å². The van der Waals surface area contributed by atoms with Gasteiger partial charge in [0, 0.05) is 34.4 Å². The standard InChI is InChI=1S/C16H26N2S/c1-12-5-8-15(19-12)13(2)18-10-4-9-17-16(3,11-18)14-6-7-14/h5,8,13-14,17H,4,6-7,9-11H2,1-3H3. The van der Waals surface area contributed by atoms with E-state index in [1.54, 1.807) is 0 Å². The maximum atomic E-state index is 3.82. The van der Waals surface area contributed by atoms with Crippen molar-refractivity contribution in [1.82, 2.24) is 10.2 Å². The van der Waals surface area contributed by atoms with Gasteiger partial charge in [-0.2, -0.15) is 0 Å². The molecule has 2 aliphatic rings. The molecule has 3 rings (SSSR count). The van der Waals surface area contributed by atoms with Crippen LogP contribution >= 0.6 is 11.3 Å². The molecule has 1 aliphatic heterocycles. The van der Waals surface area contributed by atoms with Crippen molar-refractivity contribution < 1.29 is 0 Å². The van der Waals surface area contributed by atoms with Crippen molar-refractivity contribution in [2.75, 3.05) is 19.6 Å². The van der Waals surface area contributed by atoms with Gasteiger partial charge in [0.25, 0.3) is 0 Å². The molecule has 1 aromatic rings. The molecule has 2 nitrogen and oxygen atoms in total. The molecule has 19 heavy (non-hydrogen) atoms. The van der Waals surface area contributed by atoms with E-state index < -0.39 is 0 Å². The molecule has 1 aromatic heterocycles. The van der Waals surface area contributed by atoms with E-state index in [0.29, 0.717) is 11.6 Å². The van der Waals surface area contributed by atoms with Crippen LogP contribution < -0.4 is 5.32 Å². The maximum absolute atomic E-state index is 3.82. The predicted molar refractivity (Wildman–Crippen MR) is 82.8 cm³/mol. The fourth-order valence-electron chi connectivity index (χ4n) is 3.40. The Bertz CT molecular complexity index is 438. The molecular formula is C16H26N2S. The van der Waals surface area contributed by atoms with Crippen LogP contribution in [0.1, 0.15) is 48.9 Å². The summed E-state index contributed by atoms with van der Waals surface area (Å²) in [5, 5.41) is 3.82. The highest BCUT2D eigenvalue weighted by atomic mass is 32.1. The Labute approximate surface area is 121 Å². The summed E-state index contributed by atoms with van der Waals surface area (Å²) in [5.41, 5.74) is 0.344. The van der Waals surface area contributed by atoms with Crippen LogP contribution in [0.2, 0.25) is 0 Å². The third kappa shape index (κ3) is 2.88. The van der Waals surface area contributed by atoms with Gasteiger partial charge in [-0.15, -0.1) is 11.3 Å². The second-order valence-corrected chi connectivity index (χ2v) is 7.89. The Morgan fingerprint density at radius 1 is 1.42 bits per heavy atom. The Hall–Kier alpha value is -0.380. The molecule has 2 heterocycles. The first-order chi connectivity index (χ1) is 9.08. The molecule has 1 aliphatic carbocycles. The molecular weight excluding hydrogens is 252 g/mol. The van der Waals surface area contributed by atoms with E-state index in [1.165, 1.54) is 48.7 Å².